The number of fused-ring (bicyclic) bond motifs is 1. The minimum Gasteiger partial charge on any atom is -0.444 e. The summed E-state index contributed by atoms with van der Waals surface area (Å²) >= 11 is 0. The molecule has 1 saturated heterocycles. The third-order valence-corrected chi connectivity index (χ3v) is 3.55. The van der Waals surface area contributed by atoms with Crippen LogP contribution in [0, 0.1) is 5.92 Å². The molecule has 0 bridgehead atoms. The van der Waals surface area contributed by atoms with Gasteiger partial charge in [-0.3, -0.25) is 9.69 Å². The van der Waals surface area contributed by atoms with Crippen LogP contribution in [-0.2, 0) is 14.3 Å². The number of esters is 1. The Labute approximate surface area is 126 Å². The lowest BCUT2D eigenvalue weighted by molar-refractivity contribution is -0.169. The molecule has 0 saturated carbocycles. The summed E-state index contributed by atoms with van der Waals surface area (Å²) in [6.07, 6.45) is -4.66. The van der Waals surface area contributed by atoms with Crippen LogP contribution in [0.1, 0.15) is 33.6 Å². The molecule has 0 aromatic heterocycles. The minimum absolute atomic E-state index is 0.0478. The number of amides is 1. The standard InChI is InChI=1S/C14H18F3NO4/c1-13(2,3)22-12(20)18-7-21-11(19)9-6-8(14(15,16)17)4-5-10(9)18/h4,9-10H,5-7H2,1-3H3/t9-,10-/m0/s1. The summed E-state index contributed by atoms with van der Waals surface area (Å²) in [6, 6.07) is -0.665. The number of rotatable bonds is 0. The van der Waals surface area contributed by atoms with Gasteiger partial charge < -0.3 is 9.47 Å². The Kier molecular flexibility index (Phi) is 4.14. The van der Waals surface area contributed by atoms with Crippen LogP contribution in [0.2, 0.25) is 0 Å². The van der Waals surface area contributed by atoms with Crippen molar-refractivity contribution in [2.45, 2.75) is 51.4 Å². The van der Waals surface area contributed by atoms with E-state index in [4.69, 9.17) is 9.47 Å². The summed E-state index contributed by atoms with van der Waals surface area (Å²) in [7, 11) is 0. The minimum atomic E-state index is -4.47. The smallest absolute Gasteiger partial charge is 0.413 e. The number of halogens is 3. The number of alkyl halides is 3. The fourth-order valence-corrected chi connectivity index (χ4v) is 2.54. The van der Waals surface area contributed by atoms with Crippen LogP contribution in [0.25, 0.3) is 0 Å². The fraction of sp³-hybridized carbons (Fsp3) is 0.714. The Bertz CT molecular complexity index is 507. The van der Waals surface area contributed by atoms with Crippen LogP contribution in [0.15, 0.2) is 11.6 Å². The lowest BCUT2D eigenvalue weighted by atomic mass is 9.83. The van der Waals surface area contributed by atoms with Crippen LogP contribution in [0.5, 0.6) is 0 Å². The molecular weight excluding hydrogens is 303 g/mol. The third-order valence-electron chi connectivity index (χ3n) is 3.55. The van der Waals surface area contributed by atoms with Crippen molar-refractivity contribution in [3.8, 4) is 0 Å². The van der Waals surface area contributed by atoms with Gasteiger partial charge in [0.25, 0.3) is 0 Å². The van der Waals surface area contributed by atoms with Crippen molar-refractivity contribution >= 4 is 12.1 Å². The SMILES string of the molecule is CC(C)(C)OC(=O)N1COC(=O)[C@H]2CC(C(F)(F)F)=CC[C@@H]21. The zero-order valence-corrected chi connectivity index (χ0v) is 12.6. The number of allylic oxidation sites excluding steroid dienone is 1. The van der Waals surface area contributed by atoms with Gasteiger partial charge >= 0.3 is 18.2 Å². The molecule has 1 aliphatic carbocycles. The Balaban J connectivity index is 2.19. The second-order valence-corrected chi connectivity index (χ2v) is 6.38. The van der Waals surface area contributed by atoms with Crippen molar-refractivity contribution in [3.63, 3.8) is 0 Å². The molecule has 0 aromatic rings. The average molecular weight is 321 g/mol. The van der Waals surface area contributed by atoms with Crippen LogP contribution >= 0.6 is 0 Å². The summed E-state index contributed by atoms with van der Waals surface area (Å²) in [6.45, 7) is 4.74. The van der Waals surface area contributed by atoms with E-state index in [0.717, 1.165) is 6.08 Å². The molecule has 2 aliphatic rings. The summed E-state index contributed by atoms with van der Waals surface area (Å²) < 4.78 is 48.4. The van der Waals surface area contributed by atoms with Crippen molar-refractivity contribution < 1.29 is 32.2 Å². The van der Waals surface area contributed by atoms with Crippen molar-refractivity contribution in [1.82, 2.24) is 4.90 Å². The molecule has 1 aliphatic heterocycles. The summed E-state index contributed by atoms with van der Waals surface area (Å²) in [5, 5.41) is 0. The van der Waals surface area contributed by atoms with Gasteiger partial charge in [0, 0.05) is 5.57 Å². The van der Waals surface area contributed by atoms with E-state index >= 15 is 0 Å². The Morgan fingerprint density at radius 2 is 2.00 bits per heavy atom. The predicted molar refractivity (Wildman–Crippen MR) is 69.7 cm³/mol. The maximum atomic E-state index is 12.8. The first-order valence-electron chi connectivity index (χ1n) is 6.91. The maximum Gasteiger partial charge on any atom is 0.413 e. The highest BCUT2D eigenvalue weighted by molar-refractivity contribution is 5.78. The van der Waals surface area contributed by atoms with Gasteiger partial charge in [-0.15, -0.1) is 0 Å². The van der Waals surface area contributed by atoms with E-state index in [1.54, 1.807) is 20.8 Å². The first kappa shape index (κ1) is 16.6. The van der Waals surface area contributed by atoms with Crippen molar-refractivity contribution in [2.24, 2.45) is 5.92 Å². The second kappa shape index (κ2) is 5.48. The maximum absolute atomic E-state index is 12.8. The molecule has 8 heteroatoms. The van der Waals surface area contributed by atoms with Crippen molar-refractivity contribution in [2.75, 3.05) is 6.73 Å². The quantitative estimate of drug-likeness (QED) is 0.508. The number of ether oxygens (including phenoxy) is 2. The van der Waals surface area contributed by atoms with E-state index in [-0.39, 0.29) is 13.2 Å². The average Bonchev–Trinajstić information content (AvgIpc) is 2.35. The molecule has 124 valence electrons. The molecule has 5 nitrogen and oxygen atoms in total. The number of hydrogen-bond acceptors (Lipinski definition) is 4. The zero-order valence-electron chi connectivity index (χ0n) is 12.6. The third kappa shape index (κ3) is 3.53. The molecule has 0 radical (unpaired) electrons. The molecular formula is C14H18F3NO4. The van der Waals surface area contributed by atoms with E-state index in [0.29, 0.717) is 0 Å². The van der Waals surface area contributed by atoms with E-state index in [1.807, 2.05) is 0 Å². The lowest BCUT2D eigenvalue weighted by Gasteiger charge is -2.42. The molecule has 22 heavy (non-hydrogen) atoms. The van der Waals surface area contributed by atoms with Gasteiger partial charge in [-0.2, -0.15) is 13.2 Å². The van der Waals surface area contributed by atoms with E-state index in [1.165, 1.54) is 4.90 Å². The number of hydrogen-bond donors (Lipinski definition) is 0. The van der Waals surface area contributed by atoms with Crippen LogP contribution < -0.4 is 0 Å². The molecule has 2 rings (SSSR count). The summed E-state index contributed by atoms with van der Waals surface area (Å²) in [4.78, 5) is 25.1. The molecule has 1 heterocycles. The highest BCUT2D eigenvalue weighted by Crippen LogP contribution is 2.39. The summed E-state index contributed by atoms with van der Waals surface area (Å²) in [5.74, 6) is -1.72. The molecule has 1 fully saturated rings. The lowest BCUT2D eigenvalue weighted by Crippen LogP contribution is -2.55. The molecule has 1 amide bonds. The normalized spacial score (nSPS) is 26.0. The van der Waals surface area contributed by atoms with Crippen LogP contribution in [0.3, 0.4) is 0 Å². The van der Waals surface area contributed by atoms with E-state index in [2.05, 4.69) is 0 Å². The van der Waals surface area contributed by atoms with Crippen molar-refractivity contribution in [1.29, 1.82) is 0 Å². The Hall–Kier alpha value is -1.73. The Morgan fingerprint density at radius 1 is 1.36 bits per heavy atom. The first-order valence-corrected chi connectivity index (χ1v) is 6.91. The summed E-state index contributed by atoms with van der Waals surface area (Å²) in [5.41, 5.74) is -1.49. The topological polar surface area (TPSA) is 55.8 Å². The number of cyclic esters (lactones) is 1. The van der Waals surface area contributed by atoms with Gasteiger partial charge in [-0.05, 0) is 33.6 Å². The fourth-order valence-electron chi connectivity index (χ4n) is 2.54. The van der Waals surface area contributed by atoms with E-state index in [9.17, 15) is 22.8 Å². The highest BCUT2D eigenvalue weighted by Gasteiger charge is 2.48. The largest absolute Gasteiger partial charge is 0.444 e. The molecule has 0 spiro atoms. The molecule has 0 N–H and O–H groups in total. The first-order chi connectivity index (χ1) is 9.99. The molecule has 2 atom stereocenters. The number of nitrogens with zero attached hydrogens (tertiary/aromatic N) is 1. The Morgan fingerprint density at radius 3 is 2.55 bits per heavy atom. The number of carbonyl (C=O) groups excluding carboxylic acids is 2. The second-order valence-electron chi connectivity index (χ2n) is 6.38. The molecule has 0 unspecified atom stereocenters. The van der Waals surface area contributed by atoms with Crippen molar-refractivity contribution in [3.05, 3.63) is 11.6 Å². The van der Waals surface area contributed by atoms with Gasteiger partial charge in [0.1, 0.15) is 5.60 Å². The van der Waals surface area contributed by atoms with Gasteiger partial charge in [0.15, 0.2) is 6.73 Å². The van der Waals surface area contributed by atoms with Gasteiger partial charge in [-0.25, -0.2) is 4.79 Å². The van der Waals surface area contributed by atoms with Gasteiger partial charge in [0.05, 0.1) is 12.0 Å². The number of carbonyl (C=O) groups is 2. The highest BCUT2D eigenvalue weighted by atomic mass is 19.4. The van der Waals surface area contributed by atoms with Crippen LogP contribution in [-0.4, -0.2) is 41.5 Å². The predicted octanol–water partition coefficient (Wildman–Crippen LogP) is 3.01. The van der Waals surface area contributed by atoms with Gasteiger partial charge in [0.2, 0.25) is 0 Å². The van der Waals surface area contributed by atoms with Gasteiger partial charge in [-0.1, -0.05) is 6.08 Å². The monoisotopic (exact) mass is 321 g/mol. The zero-order chi connectivity index (χ0) is 16.7. The van der Waals surface area contributed by atoms with Crippen LogP contribution in [0.4, 0.5) is 18.0 Å². The van der Waals surface area contributed by atoms with E-state index < -0.39 is 47.8 Å². The molecule has 0 aromatic carbocycles.